The molecule has 1 amide bonds. The van der Waals surface area contributed by atoms with Crippen molar-refractivity contribution in [2.45, 2.75) is 24.1 Å². The monoisotopic (exact) mass is 403 g/mol. The lowest BCUT2D eigenvalue weighted by atomic mass is 9.99. The van der Waals surface area contributed by atoms with Crippen LogP contribution in [0.2, 0.25) is 0 Å². The predicted molar refractivity (Wildman–Crippen MR) is 115 cm³/mol. The van der Waals surface area contributed by atoms with Gasteiger partial charge in [-0.15, -0.1) is 16.8 Å². The second kappa shape index (κ2) is 9.75. The molecule has 144 valence electrons. The van der Waals surface area contributed by atoms with Gasteiger partial charge in [-0.1, -0.05) is 36.1 Å². The lowest BCUT2D eigenvalue weighted by Crippen LogP contribution is -2.32. The van der Waals surface area contributed by atoms with E-state index in [-0.39, 0.29) is 5.91 Å². The van der Waals surface area contributed by atoms with Gasteiger partial charge in [0.05, 0.1) is 5.75 Å². The van der Waals surface area contributed by atoms with Crippen LogP contribution in [0.3, 0.4) is 0 Å². The number of carbonyl (C=O) groups excluding carboxylic acids is 1. The zero-order chi connectivity index (χ0) is 19.1. The average Bonchev–Trinajstić information content (AvgIpc) is 3.14. The Morgan fingerprint density at radius 3 is 2.78 bits per heavy atom. The van der Waals surface area contributed by atoms with Crippen molar-refractivity contribution in [2.24, 2.45) is 5.92 Å². The predicted octanol–water partition coefficient (Wildman–Crippen LogP) is 4.10. The zero-order valence-electron chi connectivity index (χ0n) is 15.5. The van der Waals surface area contributed by atoms with Crippen molar-refractivity contribution >= 4 is 45.5 Å². The highest BCUT2D eigenvalue weighted by atomic mass is 32.2. The molecule has 3 rings (SSSR count). The van der Waals surface area contributed by atoms with E-state index in [1.807, 2.05) is 12.1 Å². The molecule has 2 heterocycles. The first-order valence-corrected chi connectivity index (χ1v) is 10.9. The van der Waals surface area contributed by atoms with Crippen molar-refractivity contribution in [3.8, 4) is 0 Å². The molecule has 0 radical (unpaired) electrons. The molecular formula is C19H25N5OS2. The number of amides is 1. The van der Waals surface area contributed by atoms with Crippen molar-refractivity contribution in [2.75, 3.05) is 40.9 Å². The van der Waals surface area contributed by atoms with E-state index in [0.717, 1.165) is 34.2 Å². The smallest absolute Gasteiger partial charge is 0.234 e. The topological polar surface area (TPSA) is 70.1 Å². The first kappa shape index (κ1) is 19.7. The van der Waals surface area contributed by atoms with Gasteiger partial charge in [0.15, 0.2) is 4.34 Å². The molecule has 1 aliphatic heterocycles. The number of benzene rings is 1. The van der Waals surface area contributed by atoms with Crippen molar-refractivity contribution in [3.63, 3.8) is 0 Å². The van der Waals surface area contributed by atoms with Crippen LogP contribution in [-0.4, -0.2) is 41.5 Å². The first-order valence-electron chi connectivity index (χ1n) is 9.10. The molecule has 0 unspecified atom stereocenters. The van der Waals surface area contributed by atoms with Crippen LogP contribution in [0.15, 0.2) is 41.3 Å². The summed E-state index contributed by atoms with van der Waals surface area (Å²) in [5, 5.41) is 14.9. The second-order valence-corrected chi connectivity index (χ2v) is 8.80. The number of aromatic nitrogens is 2. The summed E-state index contributed by atoms with van der Waals surface area (Å²) in [5.41, 5.74) is 2.04. The van der Waals surface area contributed by atoms with Crippen LogP contribution in [0.5, 0.6) is 0 Å². The summed E-state index contributed by atoms with van der Waals surface area (Å²) in [7, 11) is 0. The number of rotatable bonds is 8. The maximum absolute atomic E-state index is 12.2. The highest BCUT2D eigenvalue weighted by Crippen LogP contribution is 2.26. The fourth-order valence-corrected chi connectivity index (χ4v) is 4.40. The van der Waals surface area contributed by atoms with E-state index in [4.69, 9.17) is 0 Å². The summed E-state index contributed by atoms with van der Waals surface area (Å²) in [6.45, 7) is 8.82. The van der Waals surface area contributed by atoms with E-state index in [9.17, 15) is 4.79 Å². The number of carbonyl (C=O) groups is 1. The van der Waals surface area contributed by atoms with Crippen LogP contribution < -0.4 is 15.5 Å². The summed E-state index contributed by atoms with van der Waals surface area (Å²) >= 11 is 2.82. The molecule has 0 atom stereocenters. The standard InChI is InChI=1S/C19H25N5OS2/c1-3-10-20-18-22-23-19(27-18)26-13-17(25)21-15-4-6-16(7-5-15)24-11-8-14(2)9-12-24/h3-7,14H,1,8-13H2,2H3,(H,20,22)(H,21,25). The summed E-state index contributed by atoms with van der Waals surface area (Å²) in [4.78, 5) is 14.6. The molecule has 2 aromatic rings. The largest absolute Gasteiger partial charge is 0.372 e. The quantitative estimate of drug-likeness (QED) is 0.511. The van der Waals surface area contributed by atoms with Gasteiger partial charge in [0.1, 0.15) is 0 Å². The third-order valence-corrected chi connectivity index (χ3v) is 6.44. The van der Waals surface area contributed by atoms with Crippen molar-refractivity contribution in [3.05, 3.63) is 36.9 Å². The van der Waals surface area contributed by atoms with Gasteiger partial charge in [0, 0.05) is 31.0 Å². The Balaban J connectivity index is 1.45. The van der Waals surface area contributed by atoms with Crippen LogP contribution in [0, 0.1) is 5.92 Å². The molecule has 8 heteroatoms. The van der Waals surface area contributed by atoms with Gasteiger partial charge in [-0.2, -0.15) is 0 Å². The molecular weight excluding hydrogens is 378 g/mol. The molecule has 0 bridgehead atoms. The molecule has 27 heavy (non-hydrogen) atoms. The van der Waals surface area contributed by atoms with E-state index in [1.54, 1.807) is 6.08 Å². The maximum Gasteiger partial charge on any atom is 0.234 e. The van der Waals surface area contributed by atoms with Crippen molar-refractivity contribution < 1.29 is 4.79 Å². The Labute approximate surface area is 168 Å². The Kier molecular flexibility index (Phi) is 7.11. The maximum atomic E-state index is 12.2. The third-order valence-electron chi connectivity index (χ3n) is 4.43. The number of nitrogens with zero attached hydrogens (tertiary/aromatic N) is 3. The summed E-state index contributed by atoms with van der Waals surface area (Å²) in [6, 6.07) is 8.11. The fourth-order valence-electron chi connectivity index (χ4n) is 2.85. The lowest BCUT2D eigenvalue weighted by molar-refractivity contribution is -0.113. The zero-order valence-corrected chi connectivity index (χ0v) is 17.1. The van der Waals surface area contributed by atoms with E-state index in [0.29, 0.717) is 12.3 Å². The second-order valence-electron chi connectivity index (χ2n) is 6.60. The molecule has 1 aliphatic rings. The van der Waals surface area contributed by atoms with Crippen LogP contribution in [0.4, 0.5) is 16.5 Å². The molecule has 1 aromatic carbocycles. The average molecular weight is 404 g/mol. The summed E-state index contributed by atoms with van der Waals surface area (Å²) < 4.78 is 0.770. The van der Waals surface area contributed by atoms with E-state index >= 15 is 0 Å². The minimum Gasteiger partial charge on any atom is -0.372 e. The van der Waals surface area contributed by atoms with Gasteiger partial charge in [-0.3, -0.25) is 4.79 Å². The summed E-state index contributed by atoms with van der Waals surface area (Å²) in [6.07, 6.45) is 4.25. The van der Waals surface area contributed by atoms with E-state index in [1.165, 1.54) is 41.6 Å². The van der Waals surface area contributed by atoms with Gasteiger partial charge in [-0.25, -0.2) is 0 Å². The Hall–Kier alpha value is -2.06. The van der Waals surface area contributed by atoms with E-state index in [2.05, 4.69) is 51.4 Å². The van der Waals surface area contributed by atoms with Crippen LogP contribution >= 0.6 is 23.1 Å². The molecule has 2 N–H and O–H groups in total. The van der Waals surface area contributed by atoms with Gasteiger partial charge >= 0.3 is 0 Å². The minimum absolute atomic E-state index is 0.0460. The SMILES string of the molecule is C=CCNc1nnc(SCC(=O)Nc2ccc(N3CCC(C)CC3)cc2)s1. The Morgan fingerprint density at radius 2 is 2.07 bits per heavy atom. The first-order chi connectivity index (χ1) is 13.1. The van der Waals surface area contributed by atoms with E-state index < -0.39 is 0 Å². The number of hydrogen-bond donors (Lipinski definition) is 2. The van der Waals surface area contributed by atoms with Gasteiger partial charge in [-0.05, 0) is 43.0 Å². The minimum atomic E-state index is -0.0460. The van der Waals surface area contributed by atoms with Crippen LogP contribution in [0.25, 0.3) is 0 Å². The number of piperidine rings is 1. The highest BCUT2D eigenvalue weighted by Gasteiger charge is 2.16. The number of nitrogens with one attached hydrogen (secondary N) is 2. The third kappa shape index (κ3) is 5.97. The fraction of sp³-hybridized carbons (Fsp3) is 0.421. The lowest BCUT2D eigenvalue weighted by Gasteiger charge is -2.32. The highest BCUT2D eigenvalue weighted by molar-refractivity contribution is 8.01. The summed E-state index contributed by atoms with van der Waals surface area (Å²) in [5.74, 6) is 1.08. The number of thioether (sulfide) groups is 1. The van der Waals surface area contributed by atoms with Gasteiger partial charge in [0.2, 0.25) is 11.0 Å². The van der Waals surface area contributed by atoms with Crippen LogP contribution in [0.1, 0.15) is 19.8 Å². The normalized spacial score (nSPS) is 14.8. The molecule has 0 aliphatic carbocycles. The number of anilines is 3. The molecule has 1 fully saturated rings. The van der Waals surface area contributed by atoms with Crippen LogP contribution in [-0.2, 0) is 4.79 Å². The molecule has 0 saturated carbocycles. The number of hydrogen-bond acceptors (Lipinski definition) is 7. The molecule has 1 aromatic heterocycles. The molecule has 6 nitrogen and oxygen atoms in total. The molecule has 0 spiro atoms. The van der Waals surface area contributed by atoms with Gasteiger partial charge < -0.3 is 15.5 Å². The van der Waals surface area contributed by atoms with Crippen molar-refractivity contribution in [1.29, 1.82) is 0 Å². The molecule has 1 saturated heterocycles. The Morgan fingerprint density at radius 1 is 1.33 bits per heavy atom. The Bertz CT molecular complexity index is 754. The van der Waals surface area contributed by atoms with Crippen molar-refractivity contribution in [1.82, 2.24) is 10.2 Å². The van der Waals surface area contributed by atoms with Gasteiger partial charge in [0.25, 0.3) is 0 Å².